The normalized spacial score (nSPS) is 13.1. The van der Waals surface area contributed by atoms with Gasteiger partial charge in [-0.3, -0.25) is 4.98 Å². The Morgan fingerprint density at radius 1 is 1.10 bits per heavy atom. The SMILES string of the molecule is CC(C)(CO)C(CNCc1ccccn1)c1ccccc1. The topological polar surface area (TPSA) is 45.1 Å². The molecule has 0 saturated carbocycles. The molecular formula is C18H24N2O. The lowest BCUT2D eigenvalue weighted by Gasteiger charge is -2.33. The molecule has 3 heteroatoms. The van der Waals surface area contributed by atoms with E-state index >= 15 is 0 Å². The standard InChI is InChI=1S/C18H24N2O/c1-18(2,14-21)17(15-8-4-3-5-9-15)13-19-12-16-10-6-7-11-20-16/h3-11,17,19,21H,12-14H2,1-2H3. The van der Waals surface area contributed by atoms with E-state index in [0.717, 1.165) is 18.8 Å². The summed E-state index contributed by atoms with van der Waals surface area (Å²) >= 11 is 0. The van der Waals surface area contributed by atoms with Crippen LogP contribution in [-0.4, -0.2) is 23.2 Å². The van der Waals surface area contributed by atoms with Crippen LogP contribution in [0, 0.1) is 5.41 Å². The van der Waals surface area contributed by atoms with Gasteiger partial charge in [0.25, 0.3) is 0 Å². The lowest BCUT2D eigenvalue weighted by atomic mass is 9.75. The molecule has 0 fully saturated rings. The van der Waals surface area contributed by atoms with Crippen LogP contribution in [0.15, 0.2) is 54.7 Å². The van der Waals surface area contributed by atoms with Crippen molar-refractivity contribution in [3.05, 3.63) is 66.0 Å². The van der Waals surface area contributed by atoms with E-state index in [1.54, 1.807) is 0 Å². The first-order chi connectivity index (χ1) is 10.1. The number of aliphatic hydroxyl groups is 1. The number of hydrogen-bond acceptors (Lipinski definition) is 3. The van der Waals surface area contributed by atoms with E-state index in [2.05, 4.69) is 48.4 Å². The number of nitrogens with one attached hydrogen (secondary N) is 1. The highest BCUT2D eigenvalue weighted by Crippen LogP contribution is 2.34. The second kappa shape index (κ2) is 7.34. The number of pyridine rings is 1. The minimum Gasteiger partial charge on any atom is -0.396 e. The van der Waals surface area contributed by atoms with Crippen molar-refractivity contribution in [3.63, 3.8) is 0 Å². The first-order valence-electron chi connectivity index (χ1n) is 7.40. The van der Waals surface area contributed by atoms with Gasteiger partial charge in [0.05, 0.1) is 5.69 Å². The molecule has 2 aromatic rings. The van der Waals surface area contributed by atoms with Gasteiger partial charge in [0.2, 0.25) is 0 Å². The van der Waals surface area contributed by atoms with Gasteiger partial charge in [-0.25, -0.2) is 0 Å². The molecule has 2 rings (SSSR count). The fourth-order valence-electron chi connectivity index (χ4n) is 2.49. The summed E-state index contributed by atoms with van der Waals surface area (Å²) in [6, 6.07) is 16.3. The zero-order chi connectivity index (χ0) is 15.1. The lowest BCUT2D eigenvalue weighted by Crippen LogP contribution is -2.34. The van der Waals surface area contributed by atoms with Crippen LogP contribution in [0.2, 0.25) is 0 Å². The smallest absolute Gasteiger partial charge is 0.0541 e. The van der Waals surface area contributed by atoms with Gasteiger partial charge in [-0.05, 0) is 23.1 Å². The maximum absolute atomic E-state index is 9.70. The first-order valence-corrected chi connectivity index (χ1v) is 7.40. The summed E-state index contributed by atoms with van der Waals surface area (Å²) in [5.41, 5.74) is 2.12. The van der Waals surface area contributed by atoms with Crippen LogP contribution in [0.25, 0.3) is 0 Å². The molecule has 1 atom stereocenters. The Labute approximate surface area is 127 Å². The largest absolute Gasteiger partial charge is 0.396 e. The van der Waals surface area contributed by atoms with Crippen molar-refractivity contribution in [2.24, 2.45) is 5.41 Å². The highest BCUT2D eigenvalue weighted by Gasteiger charge is 2.29. The van der Waals surface area contributed by atoms with Crippen molar-refractivity contribution in [2.75, 3.05) is 13.2 Å². The van der Waals surface area contributed by atoms with Crippen LogP contribution in [0.5, 0.6) is 0 Å². The molecule has 2 N–H and O–H groups in total. The third-order valence-electron chi connectivity index (χ3n) is 3.93. The molecule has 0 radical (unpaired) electrons. The van der Waals surface area contributed by atoms with Gasteiger partial charge < -0.3 is 10.4 Å². The third kappa shape index (κ3) is 4.38. The summed E-state index contributed by atoms with van der Waals surface area (Å²) in [6.07, 6.45) is 1.81. The molecule has 0 amide bonds. The van der Waals surface area contributed by atoms with Crippen molar-refractivity contribution in [1.82, 2.24) is 10.3 Å². The van der Waals surface area contributed by atoms with Gasteiger partial charge in [0, 0.05) is 31.8 Å². The van der Waals surface area contributed by atoms with Crippen LogP contribution < -0.4 is 5.32 Å². The van der Waals surface area contributed by atoms with E-state index in [-0.39, 0.29) is 17.9 Å². The summed E-state index contributed by atoms with van der Waals surface area (Å²) in [5.74, 6) is 0.257. The van der Waals surface area contributed by atoms with Crippen molar-refractivity contribution < 1.29 is 5.11 Å². The minimum absolute atomic E-state index is 0.165. The van der Waals surface area contributed by atoms with Gasteiger partial charge in [0.1, 0.15) is 0 Å². The van der Waals surface area contributed by atoms with Gasteiger partial charge >= 0.3 is 0 Å². The molecule has 21 heavy (non-hydrogen) atoms. The van der Waals surface area contributed by atoms with Crippen LogP contribution in [0.4, 0.5) is 0 Å². The highest BCUT2D eigenvalue weighted by atomic mass is 16.3. The Bertz CT molecular complexity index is 525. The van der Waals surface area contributed by atoms with Crippen LogP contribution in [-0.2, 0) is 6.54 Å². The van der Waals surface area contributed by atoms with Crippen LogP contribution in [0.3, 0.4) is 0 Å². The van der Waals surface area contributed by atoms with E-state index in [4.69, 9.17) is 0 Å². The quantitative estimate of drug-likeness (QED) is 0.821. The molecule has 1 aromatic heterocycles. The summed E-state index contributed by atoms with van der Waals surface area (Å²) in [4.78, 5) is 4.32. The maximum atomic E-state index is 9.70. The predicted octanol–water partition coefficient (Wildman–Crippen LogP) is 2.97. The van der Waals surface area contributed by atoms with E-state index in [1.165, 1.54) is 5.56 Å². The minimum atomic E-state index is -0.168. The van der Waals surface area contributed by atoms with E-state index in [1.807, 2.05) is 30.5 Å². The number of rotatable bonds is 7. The number of hydrogen-bond donors (Lipinski definition) is 2. The Kier molecular flexibility index (Phi) is 5.48. The number of aliphatic hydroxyl groups excluding tert-OH is 1. The molecule has 0 bridgehead atoms. The van der Waals surface area contributed by atoms with Crippen molar-refractivity contribution >= 4 is 0 Å². The number of benzene rings is 1. The fraction of sp³-hybridized carbons (Fsp3) is 0.389. The molecule has 0 aliphatic carbocycles. The van der Waals surface area contributed by atoms with Gasteiger partial charge in [-0.15, -0.1) is 0 Å². The second-order valence-corrected chi connectivity index (χ2v) is 6.06. The van der Waals surface area contributed by atoms with Gasteiger partial charge in [-0.2, -0.15) is 0 Å². The molecular weight excluding hydrogens is 260 g/mol. The monoisotopic (exact) mass is 284 g/mol. The Morgan fingerprint density at radius 2 is 1.81 bits per heavy atom. The average molecular weight is 284 g/mol. The lowest BCUT2D eigenvalue weighted by molar-refractivity contribution is 0.129. The Hall–Kier alpha value is -1.71. The molecule has 3 nitrogen and oxygen atoms in total. The summed E-state index contributed by atoms with van der Waals surface area (Å²) in [5, 5.41) is 13.2. The van der Waals surface area contributed by atoms with Crippen molar-refractivity contribution in [3.8, 4) is 0 Å². The predicted molar refractivity (Wildman–Crippen MR) is 86.0 cm³/mol. The fourth-order valence-corrected chi connectivity index (χ4v) is 2.49. The van der Waals surface area contributed by atoms with Gasteiger partial charge in [0.15, 0.2) is 0 Å². The molecule has 1 unspecified atom stereocenters. The highest BCUT2D eigenvalue weighted by molar-refractivity contribution is 5.22. The van der Waals surface area contributed by atoms with E-state index in [9.17, 15) is 5.11 Å². The number of aromatic nitrogens is 1. The summed E-state index contributed by atoms with van der Waals surface area (Å²) in [7, 11) is 0. The van der Waals surface area contributed by atoms with Gasteiger partial charge in [-0.1, -0.05) is 50.2 Å². The van der Waals surface area contributed by atoms with E-state index in [0.29, 0.717) is 0 Å². The average Bonchev–Trinajstić information content (AvgIpc) is 2.53. The Balaban J connectivity index is 2.03. The molecule has 0 aliphatic rings. The second-order valence-electron chi connectivity index (χ2n) is 6.06. The molecule has 0 aliphatic heterocycles. The summed E-state index contributed by atoms with van der Waals surface area (Å²) in [6.45, 7) is 5.93. The summed E-state index contributed by atoms with van der Waals surface area (Å²) < 4.78 is 0. The van der Waals surface area contributed by atoms with Crippen LogP contribution in [0.1, 0.15) is 31.0 Å². The third-order valence-corrected chi connectivity index (χ3v) is 3.93. The Morgan fingerprint density at radius 3 is 2.43 bits per heavy atom. The van der Waals surface area contributed by atoms with E-state index < -0.39 is 0 Å². The molecule has 0 spiro atoms. The maximum Gasteiger partial charge on any atom is 0.0541 e. The van der Waals surface area contributed by atoms with Crippen molar-refractivity contribution in [2.45, 2.75) is 26.3 Å². The molecule has 1 aromatic carbocycles. The molecule has 1 heterocycles. The number of nitrogens with zero attached hydrogens (tertiary/aromatic N) is 1. The zero-order valence-corrected chi connectivity index (χ0v) is 12.8. The van der Waals surface area contributed by atoms with Crippen LogP contribution >= 0.6 is 0 Å². The molecule has 112 valence electrons. The van der Waals surface area contributed by atoms with Crippen molar-refractivity contribution in [1.29, 1.82) is 0 Å². The first kappa shape index (κ1) is 15.7. The molecule has 0 saturated heterocycles. The zero-order valence-electron chi connectivity index (χ0n) is 12.8.